The molecule has 0 saturated carbocycles. The van der Waals surface area contributed by atoms with Crippen molar-refractivity contribution in [2.45, 2.75) is 13.8 Å². The summed E-state index contributed by atoms with van der Waals surface area (Å²) in [5.74, 6) is -3.11. The number of hydrogen-bond donors (Lipinski definition) is 2. The molecule has 0 aromatic heterocycles. The number of nitriles is 1. The molecule has 0 heterocycles. The number of nitrogens with one attached hydrogen (secondary N) is 2. The summed E-state index contributed by atoms with van der Waals surface area (Å²) < 4.78 is 0. The molecule has 0 radical (unpaired) electrons. The van der Waals surface area contributed by atoms with Gasteiger partial charge in [-0.1, -0.05) is 48.5 Å². The van der Waals surface area contributed by atoms with Gasteiger partial charge in [0.05, 0.1) is 6.07 Å². The molecule has 0 fully saturated rings. The third kappa shape index (κ3) is 4.30. The van der Waals surface area contributed by atoms with E-state index in [0.29, 0.717) is 11.4 Å². The molecule has 144 valence electrons. The lowest BCUT2D eigenvalue weighted by molar-refractivity contribution is -0.117. The van der Waals surface area contributed by atoms with Gasteiger partial charge in [-0.15, -0.1) is 0 Å². The summed E-state index contributed by atoms with van der Waals surface area (Å²) in [6.07, 6.45) is 0. The highest BCUT2D eigenvalue weighted by molar-refractivity contribution is 6.17. The van der Waals surface area contributed by atoms with E-state index in [0.717, 1.165) is 16.3 Å². The van der Waals surface area contributed by atoms with Crippen LogP contribution >= 0.6 is 0 Å². The zero-order valence-corrected chi connectivity index (χ0v) is 16.0. The van der Waals surface area contributed by atoms with Crippen molar-refractivity contribution < 1.29 is 14.4 Å². The first kappa shape index (κ1) is 19.8. The van der Waals surface area contributed by atoms with Crippen LogP contribution in [0.2, 0.25) is 0 Å². The number of anilines is 2. The van der Waals surface area contributed by atoms with Crippen molar-refractivity contribution in [1.82, 2.24) is 0 Å². The number of hydrogen-bond acceptors (Lipinski definition) is 4. The van der Waals surface area contributed by atoms with E-state index in [1.54, 1.807) is 37.3 Å². The van der Waals surface area contributed by atoms with Gasteiger partial charge in [0.25, 0.3) is 0 Å². The average Bonchev–Trinajstić information content (AvgIpc) is 2.70. The predicted molar refractivity (Wildman–Crippen MR) is 111 cm³/mol. The number of Topliss-reactive ketones (excluding diaryl/α,β-unsaturated/α-hetero) is 1. The van der Waals surface area contributed by atoms with Gasteiger partial charge in [0.2, 0.25) is 11.8 Å². The van der Waals surface area contributed by atoms with Crippen molar-refractivity contribution in [2.24, 2.45) is 5.92 Å². The van der Waals surface area contributed by atoms with E-state index in [4.69, 9.17) is 0 Å². The van der Waals surface area contributed by atoms with Gasteiger partial charge in [-0.25, -0.2) is 0 Å². The minimum absolute atomic E-state index is 0.180. The number of carbonyl (C=O) groups excluding carboxylic acids is 3. The number of ketones is 1. The second kappa shape index (κ2) is 8.36. The topological polar surface area (TPSA) is 99.1 Å². The van der Waals surface area contributed by atoms with E-state index >= 15 is 0 Å². The summed E-state index contributed by atoms with van der Waals surface area (Å²) in [5.41, 5.74) is 1.95. The fourth-order valence-corrected chi connectivity index (χ4v) is 3.04. The fourth-order valence-electron chi connectivity index (χ4n) is 3.04. The lowest BCUT2D eigenvalue weighted by Gasteiger charge is -2.13. The van der Waals surface area contributed by atoms with Gasteiger partial charge in [-0.3, -0.25) is 14.4 Å². The lowest BCUT2D eigenvalue weighted by Crippen LogP contribution is -2.29. The SMILES string of the molecule is CC(=O)Nc1cc(C(=O)C(C#N)C(=O)Nc2cccc3ccccc23)ccc1C. The van der Waals surface area contributed by atoms with Crippen molar-refractivity contribution in [3.05, 3.63) is 71.8 Å². The van der Waals surface area contributed by atoms with Gasteiger partial charge in [0.15, 0.2) is 11.7 Å². The standard InChI is InChI=1S/C23H19N3O3/c1-14-10-11-17(12-21(14)25-15(2)27)22(28)19(13-24)23(29)26-20-9-5-7-16-6-3-4-8-18(16)20/h3-12,19H,1-2H3,(H,25,27)(H,26,29). The first-order chi connectivity index (χ1) is 13.9. The molecule has 6 heteroatoms. The van der Waals surface area contributed by atoms with E-state index in [-0.39, 0.29) is 11.5 Å². The molecule has 1 atom stereocenters. The van der Waals surface area contributed by atoms with Gasteiger partial charge in [0.1, 0.15) is 0 Å². The van der Waals surface area contributed by atoms with Crippen LogP contribution in [0.25, 0.3) is 10.8 Å². The van der Waals surface area contributed by atoms with Crippen LogP contribution < -0.4 is 10.6 Å². The molecule has 0 aliphatic carbocycles. The van der Waals surface area contributed by atoms with Crippen LogP contribution in [0.4, 0.5) is 11.4 Å². The molecule has 29 heavy (non-hydrogen) atoms. The zero-order valence-electron chi connectivity index (χ0n) is 16.0. The summed E-state index contributed by atoms with van der Waals surface area (Å²) in [7, 11) is 0. The average molecular weight is 385 g/mol. The Kier molecular flexibility index (Phi) is 5.70. The van der Waals surface area contributed by atoms with Crippen LogP contribution in [0.15, 0.2) is 60.7 Å². The molecule has 0 aliphatic rings. The minimum Gasteiger partial charge on any atom is -0.326 e. The van der Waals surface area contributed by atoms with E-state index < -0.39 is 17.6 Å². The Morgan fingerprint density at radius 2 is 1.66 bits per heavy atom. The third-order valence-electron chi connectivity index (χ3n) is 4.53. The van der Waals surface area contributed by atoms with E-state index in [1.807, 2.05) is 30.3 Å². The maximum absolute atomic E-state index is 12.8. The second-order valence-corrected chi connectivity index (χ2v) is 6.65. The van der Waals surface area contributed by atoms with Crippen LogP contribution in [-0.4, -0.2) is 17.6 Å². The maximum atomic E-state index is 12.8. The molecule has 0 bridgehead atoms. The first-order valence-corrected chi connectivity index (χ1v) is 9.01. The quantitative estimate of drug-likeness (QED) is 0.511. The number of fused-ring (bicyclic) bond motifs is 1. The lowest BCUT2D eigenvalue weighted by atomic mass is 9.96. The van der Waals surface area contributed by atoms with Crippen molar-refractivity contribution in [1.29, 1.82) is 5.26 Å². The molecule has 2 N–H and O–H groups in total. The van der Waals surface area contributed by atoms with Crippen molar-refractivity contribution >= 4 is 39.7 Å². The number of aryl methyl sites for hydroxylation is 1. The summed E-state index contributed by atoms with van der Waals surface area (Å²) in [6, 6.07) is 19.4. The third-order valence-corrected chi connectivity index (χ3v) is 4.53. The number of amides is 2. The smallest absolute Gasteiger partial charge is 0.249 e. The minimum atomic E-state index is -1.51. The fraction of sp³-hybridized carbons (Fsp3) is 0.130. The largest absolute Gasteiger partial charge is 0.326 e. The van der Waals surface area contributed by atoms with Crippen LogP contribution in [-0.2, 0) is 9.59 Å². The van der Waals surface area contributed by atoms with Gasteiger partial charge < -0.3 is 10.6 Å². The highest BCUT2D eigenvalue weighted by atomic mass is 16.2. The molecule has 0 aliphatic heterocycles. The second-order valence-electron chi connectivity index (χ2n) is 6.65. The number of benzene rings is 3. The molecule has 3 aromatic carbocycles. The maximum Gasteiger partial charge on any atom is 0.249 e. The summed E-state index contributed by atoms with van der Waals surface area (Å²) in [6.45, 7) is 3.15. The van der Waals surface area contributed by atoms with Crippen molar-refractivity contribution in [3.8, 4) is 6.07 Å². The number of carbonyl (C=O) groups is 3. The number of nitrogens with zero attached hydrogens (tertiary/aromatic N) is 1. The van der Waals surface area contributed by atoms with Gasteiger partial charge in [-0.05, 0) is 30.0 Å². The predicted octanol–water partition coefficient (Wildman–Crippen LogP) is 4.07. The highest BCUT2D eigenvalue weighted by Gasteiger charge is 2.28. The summed E-state index contributed by atoms with van der Waals surface area (Å²) in [5, 5.41) is 16.6. The Morgan fingerprint density at radius 1 is 0.931 bits per heavy atom. The highest BCUT2D eigenvalue weighted by Crippen LogP contribution is 2.24. The van der Waals surface area contributed by atoms with Gasteiger partial charge in [-0.2, -0.15) is 5.26 Å². The normalized spacial score (nSPS) is 11.3. The van der Waals surface area contributed by atoms with E-state index in [1.165, 1.54) is 13.0 Å². The molecule has 2 amide bonds. The summed E-state index contributed by atoms with van der Waals surface area (Å²) >= 11 is 0. The van der Waals surface area contributed by atoms with E-state index in [9.17, 15) is 19.6 Å². The Morgan fingerprint density at radius 3 is 2.38 bits per heavy atom. The summed E-state index contributed by atoms with van der Waals surface area (Å²) in [4.78, 5) is 36.9. The van der Waals surface area contributed by atoms with Crippen LogP contribution in [0, 0.1) is 24.2 Å². The first-order valence-electron chi connectivity index (χ1n) is 9.01. The van der Waals surface area contributed by atoms with E-state index in [2.05, 4.69) is 10.6 Å². The van der Waals surface area contributed by atoms with Crippen LogP contribution in [0.3, 0.4) is 0 Å². The zero-order chi connectivity index (χ0) is 21.0. The molecular formula is C23H19N3O3. The molecule has 0 spiro atoms. The number of rotatable bonds is 5. The molecule has 3 rings (SSSR count). The molecule has 3 aromatic rings. The van der Waals surface area contributed by atoms with Crippen molar-refractivity contribution in [2.75, 3.05) is 10.6 Å². The van der Waals surface area contributed by atoms with Gasteiger partial charge >= 0.3 is 0 Å². The Bertz CT molecular complexity index is 1160. The monoisotopic (exact) mass is 385 g/mol. The Labute approximate surface area is 168 Å². The molecule has 6 nitrogen and oxygen atoms in total. The Balaban J connectivity index is 1.87. The molecule has 0 saturated heterocycles. The molecule has 1 unspecified atom stereocenters. The van der Waals surface area contributed by atoms with Crippen LogP contribution in [0.5, 0.6) is 0 Å². The molecular weight excluding hydrogens is 366 g/mol. The van der Waals surface area contributed by atoms with Gasteiger partial charge in [0, 0.05) is 29.2 Å². The van der Waals surface area contributed by atoms with Crippen molar-refractivity contribution in [3.63, 3.8) is 0 Å². The van der Waals surface area contributed by atoms with Crippen LogP contribution in [0.1, 0.15) is 22.8 Å². The Hall–Kier alpha value is -3.98.